The van der Waals surface area contributed by atoms with Crippen molar-refractivity contribution in [1.29, 1.82) is 0 Å². The SMILES string of the molecule is CCNc1ncc(S(=O)(=O)NCC2CC2)cn1. The molecule has 1 aromatic heterocycles. The van der Waals surface area contributed by atoms with E-state index in [9.17, 15) is 8.42 Å². The molecule has 0 saturated heterocycles. The lowest BCUT2D eigenvalue weighted by atomic mass is 10.4. The van der Waals surface area contributed by atoms with Crippen molar-refractivity contribution in [2.45, 2.75) is 24.7 Å². The van der Waals surface area contributed by atoms with Gasteiger partial charge in [0.05, 0.1) is 12.4 Å². The second-order valence-electron chi connectivity index (χ2n) is 4.07. The maximum absolute atomic E-state index is 11.8. The third-order valence-electron chi connectivity index (χ3n) is 2.53. The normalized spacial score (nSPS) is 15.8. The zero-order valence-electron chi connectivity index (χ0n) is 9.68. The van der Waals surface area contributed by atoms with Crippen LogP contribution >= 0.6 is 0 Å². The maximum atomic E-state index is 11.8. The molecule has 1 heterocycles. The fourth-order valence-electron chi connectivity index (χ4n) is 1.34. The predicted molar refractivity (Wildman–Crippen MR) is 64.1 cm³/mol. The van der Waals surface area contributed by atoms with Crippen LogP contribution in [0.4, 0.5) is 5.95 Å². The Labute approximate surface area is 101 Å². The van der Waals surface area contributed by atoms with Gasteiger partial charge >= 0.3 is 0 Å². The van der Waals surface area contributed by atoms with E-state index in [4.69, 9.17) is 0 Å². The quantitative estimate of drug-likeness (QED) is 0.778. The maximum Gasteiger partial charge on any atom is 0.243 e. The summed E-state index contributed by atoms with van der Waals surface area (Å²) in [5.74, 6) is 0.945. The number of aromatic nitrogens is 2. The summed E-state index contributed by atoms with van der Waals surface area (Å²) in [5.41, 5.74) is 0. The number of rotatable bonds is 6. The van der Waals surface area contributed by atoms with E-state index in [0.29, 0.717) is 25.0 Å². The zero-order valence-corrected chi connectivity index (χ0v) is 10.5. The molecule has 0 aromatic carbocycles. The van der Waals surface area contributed by atoms with Crippen molar-refractivity contribution in [3.63, 3.8) is 0 Å². The summed E-state index contributed by atoms with van der Waals surface area (Å²) in [5, 5.41) is 2.91. The first-order valence-corrected chi connectivity index (χ1v) is 7.15. The van der Waals surface area contributed by atoms with E-state index < -0.39 is 10.0 Å². The summed E-state index contributed by atoms with van der Waals surface area (Å²) in [6, 6.07) is 0. The van der Waals surface area contributed by atoms with Crippen LogP contribution < -0.4 is 10.0 Å². The van der Waals surface area contributed by atoms with Gasteiger partial charge in [-0.15, -0.1) is 0 Å². The summed E-state index contributed by atoms with van der Waals surface area (Å²) in [6.45, 7) is 3.13. The predicted octanol–water partition coefficient (Wildman–Crippen LogP) is 0.597. The molecule has 1 fully saturated rings. The van der Waals surface area contributed by atoms with Crippen LogP contribution in [0.1, 0.15) is 19.8 Å². The Hall–Kier alpha value is -1.21. The number of nitrogens with zero attached hydrogens (tertiary/aromatic N) is 2. The zero-order chi connectivity index (χ0) is 12.3. The van der Waals surface area contributed by atoms with Gasteiger partial charge in [0.1, 0.15) is 4.90 Å². The second-order valence-corrected chi connectivity index (χ2v) is 5.83. The van der Waals surface area contributed by atoms with Gasteiger partial charge in [-0.3, -0.25) is 0 Å². The van der Waals surface area contributed by atoms with Gasteiger partial charge in [-0.1, -0.05) is 0 Å². The van der Waals surface area contributed by atoms with Crippen molar-refractivity contribution in [2.24, 2.45) is 5.92 Å². The smallest absolute Gasteiger partial charge is 0.243 e. The van der Waals surface area contributed by atoms with Gasteiger partial charge in [0.2, 0.25) is 16.0 Å². The molecular weight excluding hydrogens is 240 g/mol. The Balaban J connectivity index is 2.03. The van der Waals surface area contributed by atoms with Crippen molar-refractivity contribution in [1.82, 2.24) is 14.7 Å². The molecule has 0 spiro atoms. The first-order chi connectivity index (χ1) is 8.12. The van der Waals surface area contributed by atoms with Crippen molar-refractivity contribution in [2.75, 3.05) is 18.4 Å². The summed E-state index contributed by atoms with van der Waals surface area (Å²) < 4.78 is 26.2. The molecule has 6 nitrogen and oxygen atoms in total. The van der Waals surface area contributed by atoms with E-state index in [-0.39, 0.29) is 4.90 Å². The highest BCUT2D eigenvalue weighted by atomic mass is 32.2. The molecule has 17 heavy (non-hydrogen) atoms. The fraction of sp³-hybridized carbons (Fsp3) is 0.600. The Bertz CT molecular complexity index is 468. The van der Waals surface area contributed by atoms with Crippen LogP contribution in [0.5, 0.6) is 0 Å². The molecular formula is C10H16N4O2S. The molecule has 0 aliphatic heterocycles. The topological polar surface area (TPSA) is 84.0 Å². The first-order valence-electron chi connectivity index (χ1n) is 5.67. The van der Waals surface area contributed by atoms with Crippen molar-refractivity contribution in [3.8, 4) is 0 Å². The molecule has 0 unspecified atom stereocenters. The van der Waals surface area contributed by atoms with Crippen LogP contribution in [0, 0.1) is 5.92 Å². The number of nitrogens with one attached hydrogen (secondary N) is 2. The van der Waals surface area contributed by atoms with Crippen molar-refractivity contribution < 1.29 is 8.42 Å². The van der Waals surface area contributed by atoms with Gasteiger partial charge in [-0.2, -0.15) is 0 Å². The molecule has 1 saturated carbocycles. The lowest BCUT2D eigenvalue weighted by Gasteiger charge is -2.06. The summed E-state index contributed by atoms with van der Waals surface area (Å²) in [4.78, 5) is 7.98. The number of sulfonamides is 1. The van der Waals surface area contributed by atoms with Crippen LogP contribution in [0.2, 0.25) is 0 Å². The standard InChI is InChI=1S/C10H16N4O2S/c1-2-11-10-12-6-9(7-13-10)17(15,16)14-5-8-3-4-8/h6-8,14H,2-5H2,1H3,(H,11,12,13). The number of anilines is 1. The van der Waals surface area contributed by atoms with E-state index in [1.54, 1.807) is 0 Å². The van der Waals surface area contributed by atoms with Crippen LogP contribution in [-0.4, -0.2) is 31.5 Å². The Morgan fingerprint density at radius 3 is 2.53 bits per heavy atom. The largest absolute Gasteiger partial charge is 0.355 e. The van der Waals surface area contributed by atoms with Gasteiger partial charge in [-0.05, 0) is 25.7 Å². The molecule has 0 radical (unpaired) electrons. The van der Waals surface area contributed by atoms with E-state index >= 15 is 0 Å². The lowest BCUT2D eigenvalue weighted by Crippen LogP contribution is -2.26. The molecule has 94 valence electrons. The van der Waals surface area contributed by atoms with Crippen LogP contribution in [-0.2, 0) is 10.0 Å². The third kappa shape index (κ3) is 3.37. The Morgan fingerprint density at radius 2 is 2.00 bits per heavy atom. The number of hydrogen-bond donors (Lipinski definition) is 2. The van der Waals surface area contributed by atoms with Gasteiger partial charge < -0.3 is 5.32 Å². The Morgan fingerprint density at radius 1 is 1.35 bits per heavy atom. The van der Waals surface area contributed by atoms with E-state index in [1.807, 2.05) is 6.92 Å². The molecule has 0 amide bonds. The summed E-state index contributed by atoms with van der Waals surface area (Å²) in [7, 11) is -3.45. The minimum atomic E-state index is -3.45. The van der Waals surface area contributed by atoms with E-state index in [0.717, 1.165) is 12.8 Å². The van der Waals surface area contributed by atoms with Crippen LogP contribution in [0.15, 0.2) is 17.3 Å². The summed E-state index contributed by atoms with van der Waals surface area (Å²) in [6.07, 6.45) is 4.86. The lowest BCUT2D eigenvalue weighted by molar-refractivity contribution is 0.576. The van der Waals surface area contributed by atoms with Crippen LogP contribution in [0.25, 0.3) is 0 Å². The monoisotopic (exact) mass is 256 g/mol. The Kier molecular flexibility index (Phi) is 3.58. The van der Waals surface area contributed by atoms with Gasteiger partial charge in [-0.25, -0.2) is 23.1 Å². The van der Waals surface area contributed by atoms with Crippen molar-refractivity contribution >= 4 is 16.0 Å². The highest BCUT2D eigenvalue weighted by molar-refractivity contribution is 7.89. The van der Waals surface area contributed by atoms with Gasteiger partial charge in [0, 0.05) is 13.1 Å². The first kappa shape index (κ1) is 12.3. The molecule has 1 aliphatic rings. The summed E-state index contributed by atoms with van der Waals surface area (Å²) >= 11 is 0. The molecule has 1 aromatic rings. The van der Waals surface area contributed by atoms with E-state index in [2.05, 4.69) is 20.0 Å². The highest BCUT2D eigenvalue weighted by Crippen LogP contribution is 2.28. The average Bonchev–Trinajstić information content (AvgIpc) is 3.12. The molecule has 2 rings (SSSR count). The molecule has 1 aliphatic carbocycles. The minimum Gasteiger partial charge on any atom is -0.355 e. The molecule has 2 N–H and O–H groups in total. The van der Waals surface area contributed by atoms with Crippen molar-refractivity contribution in [3.05, 3.63) is 12.4 Å². The third-order valence-corrected chi connectivity index (χ3v) is 3.91. The van der Waals surface area contributed by atoms with Gasteiger partial charge in [0.15, 0.2) is 0 Å². The van der Waals surface area contributed by atoms with Crippen LogP contribution in [0.3, 0.4) is 0 Å². The average molecular weight is 256 g/mol. The second kappa shape index (κ2) is 4.97. The molecule has 7 heteroatoms. The molecule has 0 bridgehead atoms. The minimum absolute atomic E-state index is 0.111. The number of hydrogen-bond acceptors (Lipinski definition) is 5. The van der Waals surface area contributed by atoms with Gasteiger partial charge in [0.25, 0.3) is 0 Å². The van der Waals surface area contributed by atoms with E-state index in [1.165, 1.54) is 12.4 Å². The highest BCUT2D eigenvalue weighted by Gasteiger charge is 2.24. The fourth-order valence-corrected chi connectivity index (χ4v) is 2.34. The molecule has 0 atom stereocenters.